The molecule has 1 amide bonds. The normalized spacial score (nSPS) is 11.1. The second-order valence-electron chi connectivity index (χ2n) is 6.73. The third kappa shape index (κ3) is 4.01. The molecule has 0 bridgehead atoms. The number of amides is 1. The molecule has 4 aromatic rings. The fraction of sp³-hybridized carbons (Fsp3) is 0.0400. The van der Waals surface area contributed by atoms with Crippen molar-refractivity contribution in [2.75, 3.05) is 5.32 Å². The fourth-order valence-corrected chi connectivity index (χ4v) is 3.07. The average molecular weight is 381 g/mol. The van der Waals surface area contributed by atoms with E-state index >= 15 is 0 Å². The van der Waals surface area contributed by atoms with E-state index in [1.165, 1.54) is 6.08 Å². The van der Waals surface area contributed by atoms with E-state index in [4.69, 9.17) is 4.42 Å². The molecular formula is C25H19NO3. The van der Waals surface area contributed by atoms with Gasteiger partial charge in [-0.15, -0.1) is 0 Å². The molecule has 0 radical (unpaired) electrons. The van der Waals surface area contributed by atoms with Crippen LogP contribution in [0, 0.1) is 6.92 Å². The Balaban J connectivity index is 1.68. The molecule has 4 rings (SSSR count). The Morgan fingerprint density at radius 2 is 1.55 bits per heavy atom. The zero-order chi connectivity index (χ0) is 20.2. The summed E-state index contributed by atoms with van der Waals surface area (Å²) in [7, 11) is 0. The highest BCUT2D eigenvalue weighted by Gasteiger charge is 2.22. The van der Waals surface area contributed by atoms with Gasteiger partial charge in [-0.1, -0.05) is 72.3 Å². The summed E-state index contributed by atoms with van der Waals surface area (Å²) < 4.78 is 5.82. The van der Waals surface area contributed by atoms with Gasteiger partial charge < -0.3 is 9.73 Å². The van der Waals surface area contributed by atoms with Crippen molar-refractivity contribution in [3.05, 3.63) is 107 Å². The van der Waals surface area contributed by atoms with E-state index < -0.39 is 0 Å². The summed E-state index contributed by atoms with van der Waals surface area (Å²) in [5.74, 6) is -0.488. The van der Waals surface area contributed by atoms with Gasteiger partial charge in [0.1, 0.15) is 5.58 Å². The molecular weight excluding hydrogens is 362 g/mol. The number of aryl methyl sites for hydroxylation is 1. The van der Waals surface area contributed by atoms with Crippen molar-refractivity contribution >= 4 is 34.4 Å². The summed E-state index contributed by atoms with van der Waals surface area (Å²) in [5.41, 5.74) is 3.41. The minimum atomic E-state index is -0.335. The van der Waals surface area contributed by atoms with Crippen LogP contribution in [0.2, 0.25) is 0 Å². The Bertz CT molecular complexity index is 1200. The van der Waals surface area contributed by atoms with Gasteiger partial charge in [0.2, 0.25) is 11.7 Å². The topological polar surface area (TPSA) is 59.3 Å². The largest absolute Gasteiger partial charge is 0.450 e. The van der Waals surface area contributed by atoms with E-state index in [2.05, 4.69) is 5.32 Å². The smallest absolute Gasteiger partial charge is 0.248 e. The number of ketones is 1. The predicted octanol–water partition coefficient (Wildman–Crippen LogP) is 5.62. The number of carbonyl (C=O) groups excluding carboxylic acids is 2. The maximum absolute atomic E-state index is 13.0. The lowest BCUT2D eigenvalue weighted by Crippen LogP contribution is -2.11. The van der Waals surface area contributed by atoms with Crippen LogP contribution in [0.25, 0.3) is 17.0 Å². The summed E-state index contributed by atoms with van der Waals surface area (Å²) in [4.78, 5) is 25.6. The Morgan fingerprint density at radius 1 is 0.862 bits per heavy atom. The summed E-state index contributed by atoms with van der Waals surface area (Å²) in [6.07, 6.45) is 3.16. The van der Waals surface area contributed by atoms with Crippen molar-refractivity contribution in [2.45, 2.75) is 6.92 Å². The zero-order valence-corrected chi connectivity index (χ0v) is 15.9. The van der Waals surface area contributed by atoms with Gasteiger partial charge in [0.05, 0.1) is 5.69 Å². The van der Waals surface area contributed by atoms with E-state index in [1.807, 2.05) is 67.6 Å². The molecule has 4 heteroatoms. The zero-order valence-electron chi connectivity index (χ0n) is 15.9. The molecule has 3 aromatic carbocycles. The SMILES string of the molecule is Cc1ccc(C(=O)c2oc3ccccc3c2NC(=O)/C=C/c2ccccc2)cc1. The number of furan rings is 1. The molecule has 0 saturated heterocycles. The molecule has 1 heterocycles. The van der Waals surface area contributed by atoms with Gasteiger partial charge in [0, 0.05) is 17.0 Å². The number of fused-ring (bicyclic) bond motifs is 1. The van der Waals surface area contributed by atoms with E-state index in [0.29, 0.717) is 22.2 Å². The van der Waals surface area contributed by atoms with Gasteiger partial charge in [0.25, 0.3) is 0 Å². The lowest BCUT2D eigenvalue weighted by molar-refractivity contribution is -0.111. The quantitative estimate of drug-likeness (QED) is 0.360. The van der Waals surface area contributed by atoms with Crippen molar-refractivity contribution in [3.8, 4) is 0 Å². The monoisotopic (exact) mass is 381 g/mol. The first-order valence-corrected chi connectivity index (χ1v) is 9.29. The number of benzene rings is 3. The number of para-hydroxylation sites is 1. The first-order valence-electron chi connectivity index (χ1n) is 9.29. The first kappa shape index (κ1) is 18.4. The molecule has 0 saturated carbocycles. The predicted molar refractivity (Wildman–Crippen MR) is 115 cm³/mol. The van der Waals surface area contributed by atoms with Crippen LogP contribution < -0.4 is 5.32 Å². The maximum Gasteiger partial charge on any atom is 0.248 e. The van der Waals surface area contributed by atoms with E-state index in [0.717, 1.165) is 11.1 Å². The molecule has 0 fully saturated rings. The van der Waals surface area contributed by atoms with Crippen molar-refractivity contribution in [1.29, 1.82) is 0 Å². The highest BCUT2D eigenvalue weighted by molar-refractivity contribution is 6.18. The fourth-order valence-electron chi connectivity index (χ4n) is 3.07. The molecule has 0 unspecified atom stereocenters. The van der Waals surface area contributed by atoms with Crippen molar-refractivity contribution in [2.24, 2.45) is 0 Å². The van der Waals surface area contributed by atoms with Gasteiger partial charge in [-0.3, -0.25) is 9.59 Å². The van der Waals surface area contributed by atoms with E-state index in [-0.39, 0.29) is 17.5 Å². The lowest BCUT2D eigenvalue weighted by atomic mass is 10.1. The van der Waals surface area contributed by atoms with Crippen LogP contribution in [0.5, 0.6) is 0 Å². The van der Waals surface area contributed by atoms with Crippen LogP contribution in [0.1, 0.15) is 27.2 Å². The molecule has 0 aliphatic heterocycles. The Morgan fingerprint density at radius 3 is 2.31 bits per heavy atom. The molecule has 0 aliphatic rings. The van der Waals surface area contributed by atoms with Crippen LogP contribution in [0.3, 0.4) is 0 Å². The molecule has 142 valence electrons. The number of anilines is 1. The molecule has 0 aliphatic carbocycles. The molecule has 4 nitrogen and oxygen atoms in total. The van der Waals surface area contributed by atoms with Crippen molar-refractivity contribution < 1.29 is 14.0 Å². The summed E-state index contributed by atoms with van der Waals surface area (Å²) >= 11 is 0. The molecule has 29 heavy (non-hydrogen) atoms. The summed E-state index contributed by atoms with van der Waals surface area (Å²) in [5, 5.41) is 3.51. The third-order valence-electron chi connectivity index (χ3n) is 4.59. The van der Waals surface area contributed by atoms with Gasteiger partial charge in [-0.25, -0.2) is 0 Å². The molecule has 0 atom stereocenters. The second-order valence-corrected chi connectivity index (χ2v) is 6.73. The minimum Gasteiger partial charge on any atom is -0.450 e. The van der Waals surface area contributed by atoms with Gasteiger partial charge in [-0.05, 0) is 30.7 Å². The lowest BCUT2D eigenvalue weighted by Gasteiger charge is -2.04. The Hall–Kier alpha value is -3.92. The van der Waals surface area contributed by atoms with E-state index in [9.17, 15) is 9.59 Å². The minimum absolute atomic E-state index is 0.122. The van der Waals surface area contributed by atoms with Crippen LogP contribution in [-0.2, 0) is 4.79 Å². The Kier molecular flexibility index (Phi) is 5.08. The number of carbonyl (C=O) groups is 2. The third-order valence-corrected chi connectivity index (χ3v) is 4.59. The average Bonchev–Trinajstić information content (AvgIpc) is 3.11. The molecule has 1 N–H and O–H groups in total. The van der Waals surface area contributed by atoms with Gasteiger partial charge in [0.15, 0.2) is 5.76 Å². The van der Waals surface area contributed by atoms with Crippen LogP contribution in [-0.4, -0.2) is 11.7 Å². The number of hydrogen-bond acceptors (Lipinski definition) is 3. The van der Waals surface area contributed by atoms with Crippen molar-refractivity contribution in [1.82, 2.24) is 0 Å². The number of nitrogens with one attached hydrogen (secondary N) is 1. The van der Waals surface area contributed by atoms with Gasteiger partial charge in [-0.2, -0.15) is 0 Å². The standard InChI is InChI=1S/C25H19NO3/c1-17-11-14-19(15-12-17)24(28)25-23(20-9-5-6-10-21(20)29-25)26-22(27)16-13-18-7-3-2-4-8-18/h2-16H,1H3,(H,26,27)/b16-13+. The van der Waals surface area contributed by atoms with Crippen LogP contribution in [0.4, 0.5) is 5.69 Å². The number of rotatable bonds is 5. The van der Waals surface area contributed by atoms with Crippen LogP contribution >= 0.6 is 0 Å². The maximum atomic E-state index is 13.0. The molecule has 1 aromatic heterocycles. The van der Waals surface area contributed by atoms with Gasteiger partial charge >= 0.3 is 0 Å². The van der Waals surface area contributed by atoms with E-state index in [1.54, 1.807) is 24.3 Å². The first-order chi connectivity index (χ1) is 14.1. The van der Waals surface area contributed by atoms with Crippen molar-refractivity contribution in [3.63, 3.8) is 0 Å². The highest BCUT2D eigenvalue weighted by atomic mass is 16.3. The number of hydrogen-bond donors (Lipinski definition) is 1. The Labute approximate surface area is 168 Å². The molecule has 0 spiro atoms. The second kappa shape index (κ2) is 7.98. The summed E-state index contributed by atoms with van der Waals surface area (Å²) in [6, 6.07) is 24.0. The summed E-state index contributed by atoms with van der Waals surface area (Å²) in [6.45, 7) is 1.96. The van der Waals surface area contributed by atoms with Crippen LogP contribution in [0.15, 0.2) is 89.4 Å². The highest BCUT2D eigenvalue weighted by Crippen LogP contribution is 2.32.